The second-order valence-electron chi connectivity index (χ2n) is 4.49. The molecule has 0 radical (unpaired) electrons. The van der Waals surface area contributed by atoms with Crippen LogP contribution in [0, 0.1) is 0 Å². The lowest BCUT2D eigenvalue weighted by atomic mass is 9.99. The number of hydrogen-bond acceptors (Lipinski definition) is 2. The Morgan fingerprint density at radius 3 is 3.00 bits per heavy atom. The number of hydrogen-bond donors (Lipinski definition) is 0. The SMILES string of the molecule is O=C(c1ccc(Br)cn1)N1CCCCC1CCCl. The van der Waals surface area contributed by atoms with Crippen LogP contribution in [-0.2, 0) is 0 Å². The molecule has 0 saturated carbocycles. The van der Waals surface area contributed by atoms with E-state index in [1.165, 1.54) is 6.42 Å². The lowest BCUT2D eigenvalue weighted by Gasteiger charge is -2.35. The second kappa shape index (κ2) is 6.53. The number of alkyl halides is 1. The van der Waals surface area contributed by atoms with Crippen LogP contribution in [0.1, 0.15) is 36.2 Å². The molecule has 1 atom stereocenters. The van der Waals surface area contributed by atoms with Gasteiger partial charge in [0.2, 0.25) is 0 Å². The number of piperidine rings is 1. The minimum Gasteiger partial charge on any atom is -0.334 e. The van der Waals surface area contributed by atoms with Crippen LogP contribution in [0.25, 0.3) is 0 Å². The first-order chi connectivity index (χ1) is 8.72. The topological polar surface area (TPSA) is 33.2 Å². The molecule has 1 aliphatic rings. The molecule has 2 heterocycles. The molecule has 0 bridgehead atoms. The lowest BCUT2D eigenvalue weighted by Crippen LogP contribution is -2.44. The number of halogens is 2. The van der Waals surface area contributed by atoms with E-state index >= 15 is 0 Å². The Morgan fingerprint density at radius 1 is 1.50 bits per heavy atom. The fraction of sp³-hybridized carbons (Fsp3) is 0.538. The molecule has 1 fully saturated rings. The molecule has 98 valence electrons. The molecule has 1 aromatic heterocycles. The molecule has 1 amide bonds. The van der Waals surface area contributed by atoms with E-state index in [0.29, 0.717) is 11.6 Å². The number of carbonyl (C=O) groups excluding carboxylic acids is 1. The third kappa shape index (κ3) is 3.23. The number of carbonyl (C=O) groups is 1. The molecule has 2 rings (SSSR count). The summed E-state index contributed by atoms with van der Waals surface area (Å²) in [5, 5.41) is 0. The zero-order chi connectivity index (χ0) is 13.0. The van der Waals surface area contributed by atoms with Crippen molar-refractivity contribution in [3.8, 4) is 0 Å². The molecule has 3 nitrogen and oxygen atoms in total. The first kappa shape index (κ1) is 13.8. The van der Waals surface area contributed by atoms with Crippen LogP contribution in [0.4, 0.5) is 0 Å². The third-order valence-electron chi connectivity index (χ3n) is 3.28. The van der Waals surface area contributed by atoms with Crippen LogP contribution in [-0.4, -0.2) is 34.3 Å². The summed E-state index contributed by atoms with van der Waals surface area (Å²) >= 11 is 9.13. The van der Waals surface area contributed by atoms with Gasteiger partial charge in [-0.3, -0.25) is 4.79 Å². The summed E-state index contributed by atoms with van der Waals surface area (Å²) in [5.74, 6) is 0.625. The van der Waals surface area contributed by atoms with Crippen LogP contribution >= 0.6 is 27.5 Å². The lowest BCUT2D eigenvalue weighted by molar-refractivity contribution is 0.0603. The minimum atomic E-state index is 0.0253. The van der Waals surface area contributed by atoms with E-state index in [9.17, 15) is 4.79 Å². The zero-order valence-electron chi connectivity index (χ0n) is 10.1. The Morgan fingerprint density at radius 2 is 2.33 bits per heavy atom. The maximum atomic E-state index is 12.4. The summed E-state index contributed by atoms with van der Waals surface area (Å²) < 4.78 is 0.884. The van der Waals surface area contributed by atoms with Crippen LogP contribution in [0.15, 0.2) is 22.8 Å². The van der Waals surface area contributed by atoms with Gasteiger partial charge in [-0.1, -0.05) is 0 Å². The number of nitrogens with zero attached hydrogens (tertiary/aromatic N) is 2. The van der Waals surface area contributed by atoms with Crippen LogP contribution in [0.2, 0.25) is 0 Å². The third-order valence-corrected chi connectivity index (χ3v) is 3.96. The molecule has 5 heteroatoms. The number of aromatic nitrogens is 1. The van der Waals surface area contributed by atoms with E-state index < -0.39 is 0 Å². The Labute approximate surface area is 121 Å². The monoisotopic (exact) mass is 330 g/mol. The van der Waals surface area contributed by atoms with E-state index in [1.807, 2.05) is 11.0 Å². The van der Waals surface area contributed by atoms with E-state index in [0.717, 1.165) is 30.3 Å². The van der Waals surface area contributed by atoms with Crippen molar-refractivity contribution in [3.05, 3.63) is 28.5 Å². The second-order valence-corrected chi connectivity index (χ2v) is 5.78. The smallest absolute Gasteiger partial charge is 0.272 e. The van der Waals surface area contributed by atoms with Gasteiger partial charge >= 0.3 is 0 Å². The van der Waals surface area contributed by atoms with Crippen LogP contribution < -0.4 is 0 Å². The number of pyridine rings is 1. The predicted molar refractivity (Wildman–Crippen MR) is 75.9 cm³/mol. The standard InChI is InChI=1S/C13H16BrClN2O/c14-10-4-5-12(16-9-10)13(18)17-8-2-1-3-11(17)6-7-15/h4-5,9,11H,1-3,6-8H2. The van der Waals surface area contributed by atoms with Gasteiger partial charge in [-0.25, -0.2) is 4.98 Å². The van der Waals surface area contributed by atoms with E-state index in [4.69, 9.17) is 11.6 Å². The largest absolute Gasteiger partial charge is 0.334 e. The summed E-state index contributed by atoms with van der Waals surface area (Å²) in [4.78, 5) is 18.5. The molecule has 0 N–H and O–H groups in total. The highest BCUT2D eigenvalue weighted by atomic mass is 79.9. The first-order valence-electron chi connectivity index (χ1n) is 6.21. The van der Waals surface area contributed by atoms with Crippen LogP contribution in [0.3, 0.4) is 0 Å². The van der Waals surface area contributed by atoms with Gasteiger partial charge in [-0.15, -0.1) is 11.6 Å². The van der Waals surface area contributed by atoms with Gasteiger partial charge in [0.25, 0.3) is 5.91 Å². The molecule has 18 heavy (non-hydrogen) atoms. The van der Waals surface area contributed by atoms with Gasteiger partial charge in [-0.05, 0) is 53.7 Å². The Balaban J connectivity index is 2.12. The summed E-state index contributed by atoms with van der Waals surface area (Å²) in [5.41, 5.74) is 0.514. The summed E-state index contributed by atoms with van der Waals surface area (Å²) in [6.45, 7) is 0.818. The highest BCUT2D eigenvalue weighted by molar-refractivity contribution is 9.10. The maximum absolute atomic E-state index is 12.4. The Kier molecular flexibility index (Phi) is 5.01. The van der Waals surface area contributed by atoms with Gasteiger partial charge in [0.1, 0.15) is 5.69 Å². The van der Waals surface area contributed by atoms with Gasteiger partial charge < -0.3 is 4.90 Å². The van der Waals surface area contributed by atoms with Crippen molar-refractivity contribution in [2.24, 2.45) is 0 Å². The molecule has 1 unspecified atom stereocenters. The fourth-order valence-electron chi connectivity index (χ4n) is 2.34. The van der Waals surface area contributed by atoms with Crippen molar-refractivity contribution in [2.75, 3.05) is 12.4 Å². The molecule has 0 aliphatic carbocycles. The summed E-state index contributed by atoms with van der Waals surface area (Å²) in [6.07, 6.45) is 5.83. The molecular weight excluding hydrogens is 316 g/mol. The van der Waals surface area contributed by atoms with Crippen molar-refractivity contribution in [1.82, 2.24) is 9.88 Å². The predicted octanol–water partition coefficient (Wildman–Crippen LogP) is 3.47. The van der Waals surface area contributed by atoms with Crippen molar-refractivity contribution >= 4 is 33.4 Å². The highest BCUT2D eigenvalue weighted by Crippen LogP contribution is 2.22. The Bertz CT molecular complexity index is 408. The molecule has 1 aliphatic heterocycles. The first-order valence-corrected chi connectivity index (χ1v) is 7.53. The molecular formula is C13H16BrClN2O. The van der Waals surface area contributed by atoms with E-state index in [2.05, 4.69) is 20.9 Å². The molecule has 0 spiro atoms. The zero-order valence-corrected chi connectivity index (χ0v) is 12.5. The number of likely N-dealkylation sites (tertiary alicyclic amines) is 1. The van der Waals surface area contributed by atoms with Gasteiger partial charge in [0.05, 0.1) is 0 Å². The van der Waals surface area contributed by atoms with Gasteiger partial charge in [-0.2, -0.15) is 0 Å². The fourth-order valence-corrected chi connectivity index (χ4v) is 2.83. The average molecular weight is 332 g/mol. The van der Waals surface area contributed by atoms with Crippen molar-refractivity contribution in [1.29, 1.82) is 0 Å². The van der Waals surface area contributed by atoms with Crippen molar-refractivity contribution in [3.63, 3.8) is 0 Å². The normalized spacial score (nSPS) is 19.9. The average Bonchev–Trinajstić information content (AvgIpc) is 2.40. The summed E-state index contributed by atoms with van der Waals surface area (Å²) in [6, 6.07) is 3.88. The minimum absolute atomic E-state index is 0.0253. The molecule has 1 saturated heterocycles. The maximum Gasteiger partial charge on any atom is 0.272 e. The van der Waals surface area contributed by atoms with Gasteiger partial charge in [0, 0.05) is 29.1 Å². The van der Waals surface area contributed by atoms with Gasteiger partial charge in [0.15, 0.2) is 0 Å². The van der Waals surface area contributed by atoms with E-state index in [-0.39, 0.29) is 11.9 Å². The summed E-state index contributed by atoms with van der Waals surface area (Å²) in [7, 11) is 0. The Hall–Kier alpha value is -0.610. The number of amides is 1. The number of rotatable bonds is 3. The quantitative estimate of drug-likeness (QED) is 0.795. The van der Waals surface area contributed by atoms with Crippen molar-refractivity contribution in [2.45, 2.75) is 31.7 Å². The van der Waals surface area contributed by atoms with Crippen molar-refractivity contribution < 1.29 is 4.79 Å². The van der Waals surface area contributed by atoms with E-state index in [1.54, 1.807) is 12.3 Å². The highest BCUT2D eigenvalue weighted by Gasteiger charge is 2.27. The van der Waals surface area contributed by atoms with Crippen LogP contribution in [0.5, 0.6) is 0 Å². The molecule has 0 aromatic carbocycles. The molecule has 1 aromatic rings.